The second-order valence-electron chi connectivity index (χ2n) is 10.9. The zero-order chi connectivity index (χ0) is 31.0. The van der Waals surface area contributed by atoms with Crippen LogP contribution in [0.15, 0.2) is 78.6 Å². The lowest BCUT2D eigenvalue weighted by atomic mass is 9.90. The first kappa shape index (κ1) is 26.0. The van der Waals surface area contributed by atoms with E-state index in [1.807, 2.05) is 36.4 Å². The van der Waals surface area contributed by atoms with E-state index in [1.54, 1.807) is 24.3 Å². The van der Waals surface area contributed by atoms with Crippen LogP contribution in [0.25, 0.3) is 50.3 Å². The van der Waals surface area contributed by atoms with Crippen molar-refractivity contribution in [2.45, 2.75) is 5.41 Å². The Morgan fingerprint density at radius 3 is 1.76 bits per heavy atom. The maximum atomic E-state index is 13.6. The van der Waals surface area contributed by atoms with E-state index in [1.165, 1.54) is 24.5 Å². The van der Waals surface area contributed by atoms with E-state index in [4.69, 9.17) is 9.97 Å². The molecule has 0 aliphatic heterocycles. The van der Waals surface area contributed by atoms with Gasteiger partial charge in [-0.15, -0.1) is 0 Å². The zero-order valence-corrected chi connectivity index (χ0v) is 22.9. The van der Waals surface area contributed by atoms with Gasteiger partial charge < -0.3 is 0 Å². The maximum absolute atomic E-state index is 13.6. The quantitative estimate of drug-likeness (QED) is 0.171. The largest absolute Gasteiger partial charge is 0.247 e. The van der Waals surface area contributed by atoms with Gasteiger partial charge >= 0.3 is 0 Å². The number of aromatic nitrogens is 4. The molecule has 2 unspecified atom stereocenters. The maximum Gasteiger partial charge on any atom is 0.212 e. The summed E-state index contributed by atoms with van der Waals surface area (Å²) in [5.74, 6) is -2.60. The van der Waals surface area contributed by atoms with Crippen LogP contribution in [-0.4, -0.2) is 19.9 Å². The van der Waals surface area contributed by atoms with Crippen molar-refractivity contribution in [1.29, 1.82) is 21.0 Å². The number of fused-ring (bicyclic) bond motifs is 8. The Morgan fingerprint density at radius 1 is 0.622 bits per heavy atom. The van der Waals surface area contributed by atoms with Gasteiger partial charge in [-0.2, -0.15) is 29.8 Å². The third kappa shape index (κ3) is 3.40. The summed E-state index contributed by atoms with van der Waals surface area (Å²) in [7, 11) is 0. The third-order valence-electron chi connectivity index (χ3n) is 8.87. The molecule has 10 heteroatoms. The molecule has 0 saturated heterocycles. The molecule has 2 aromatic carbocycles. The number of benzene rings is 2. The first-order chi connectivity index (χ1) is 21.9. The Morgan fingerprint density at radius 2 is 1.20 bits per heavy atom. The number of nitriles is 4. The minimum absolute atomic E-state index is 0.151. The Labute approximate surface area is 254 Å². The minimum atomic E-state index is -1.04. The highest BCUT2D eigenvalue weighted by atomic mass is 19.1. The fourth-order valence-corrected chi connectivity index (χ4v) is 6.79. The molecule has 3 aromatic heterocycles. The van der Waals surface area contributed by atoms with Gasteiger partial charge in [0.15, 0.2) is 0 Å². The van der Waals surface area contributed by atoms with Crippen molar-refractivity contribution in [3.8, 4) is 69.0 Å². The molecule has 0 N–H and O–H groups in total. The lowest BCUT2D eigenvalue weighted by molar-refractivity contribution is 0.583. The van der Waals surface area contributed by atoms with E-state index >= 15 is 0 Å². The van der Waals surface area contributed by atoms with E-state index in [-0.39, 0.29) is 5.57 Å². The van der Waals surface area contributed by atoms with Crippen LogP contribution in [0.2, 0.25) is 0 Å². The van der Waals surface area contributed by atoms with E-state index in [2.05, 4.69) is 22.1 Å². The van der Waals surface area contributed by atoms with Crippen LogP contribution in [-0.2, 0) is 5.41 Å². The van der Waals surface area contributed by atoms with Crippen LogP contribution >= 0.6 is 0 Å². The topological polar surface area (TPSA) is 147 Å². The highest BCUT2D eigenvalue weighted by Gasteiger charge is 2.73. The van der Waals surface area contributed by atoms with E-state index in [0.29, 0.717) is 67.3 Å². The van der Waals surface area contributed by atoms with Gasteiger partial charge in [0.2, 0.25) is 11.9 Å². The molecule has 0 bridgehead atoms. The van der Waals surface area contributed by atoms with Gasteiger partial charge in [0.05, 0.1) is 52.2 Å². The lowest BCUT2D eigenvalue weighted by Crippen LogP contribution is -2.13. The molecule has 2 atom stereocenters. The number of hydrogen-bond donors (Lipinski definition) is 0. The number of allylic oxidation sites excluding steroid dienone is 1. The van der Waals surface area contributed by atoms with Gasteiger partial charge in [-0.3, -0.25) is 0 Å². The van der Waals surface area contributed by atoms with Crippen LogP contribution in [0.5, 0.6) is 0 Å². The van der Waals surface area contributed by atoms with Crippen molar-refractivity contribution >= 4 is 5.57 Å². The fraction of sp³-hybridized carbons (Fsp3) is 0.0857. The molecule has 0 amide bonds. The molecule has 8 nitrogen and oxygen atoms in total. The SMILES string of the molecule is N#CC(C#N)=C1c2cc(-c3ccc(F)nc3)ccc2-c2nc3c(nc21)-c1ccc(-c2ccc(F)nc2)cc1C31C(C#N)C1C#N. The van der Waals surface area contributed by atoms with Crippen molar-refractivity contribution in [1.82, 2.24) is 19.9 Å². The van der Waals surface area contributed by atoms with Crippen molar-refractivity contribution in [3.05, 3.63) is 113 Å². The average molecular weight is 585 g/mol. The lowest BCUT2D eigenvalue weighted by Gasteiger charge is -2.13. The highest BCUT2D eigenvalue weighted by molar-refractivity contribution is 6.03. The molecular formula is C35H14F2N8. The minimum Gasteiger partial charge on any atom is -0.247 e. The van der Waals surface area contributed by atoms with Crippen molar-refractivity contribution in [3.63, 3.8) is 0 Å². The van der Waals surface area contributed by atoms with Crippen LogP contribution in [0.3, 0.4) is 0 Å². The molecule has 45 heavy (non-hydrogen) atoms. The van der Waals surface area contributed by atoms with Crippen molar-refractivity contribution in [2.24, 2.45) is 11.8 Å². The van der Waals surface area contributed by atoms with Gasteiger partial charge in [0.25, 0.3) is 0 Å². The van der Waals surface area contributed by atoms with E-state index < -0.39 is 29.1 Å². The molecule has 3 heterocycles. The van der Waals surface area contributed by atoms with Gasteiger partial charge in [-0.1, -0.05) is 24.3 Å². The van der Waals surface area contributed by atoms with E-state index in [9.17, 15) is 29.8 Å². The molecule has 1 fully saturated rings. The van der Waals surface area contributed by atoms with Crippen molar-refractivity contribution < 1.29 is 8.78 Å². The van der Waals surface area contributed by atoms with Crippen LogP contribution in [0.1, 0.15) is 22.5 Å². The molecule has 0 radical (unpaired) electrons. The smallest absolute Gasteiger partial charge is 0.212 e. The number of rotatable bonds is 2. The number of pyridine rings is 2. The Hall–Kier alpha value is -6.62. The number of hydrogen-bond acceptors (Lipinski definition) is 8. The first-order valence-electron chi connectivity index (χ1n) is 13.7. The summed E-state index contributed by atoms with van der Waals surface area (Å²) in [5, 5.41) is 40.3. The molecule has 3 aliphatic carbocycles. The average Bonchev–Trinajstić information content (AvgIpc) is 3.53. The molecular weight excluding hydrogens is 570 g/mol. The number of halogens is 2. The summed E-state index contributed by atoms with van der Waals surface area (Å²) in [4.78, 5) is 17.6. The molecule has 1 saturated carbocycles. The van der Waals surface area contributed by atoms with Gasteiger partial charge in [-0.05, 0) is 58.7 Å². The molecule has 1 spiro atoms. The summed E-state index contributed by atoms with van der Waals surface area (Å²) in [5.41, 5.74) is 6.15. The molecule has 3 aliphatic rings. The summed E-state index contributed by atoms with van der Waals surface area (Å²) in [6, 6.07) is 25.3. The molecule has 8 rings (SSSR count). The highest BCUT2D eigenvalue weighted by Crippen LogP contribution is 2.69. The Balaban J connectivity index is 1.37. The first-order valence-corrected chi connectivity index (χ1v) is 13.7. The fourth-order valence-electron chi connectivity index (χ4n) is 6.79. The van der Waals surface area contributed by atoms with Crippen LogP contribution < -0.4 is 0 Å². The Bertz CT molecular complexity index is 2310. The summed E-state index contributed by atoms with van der Waals surface area (Å²) in [6.45, 7) is 0. The van der Waals surface area contributed by atoms with Crippen molar-refractivity contribution in [2.75, 3.05) is 0 Å². The van der Waals surface area contributed by atoms with E-state index in [0.717, 1.165) is 5.56 Å². The van der Waals surface area contributed by atoms with Crippen LogP contribution in [0.4, 0.5) is 8.78 Å². The van der Waals surface area contributed by atoms with Crippen LogP contribution in [0, 0.1) is 69.1 Å². The summed E-state index contributed by atoms with van der Waals surface area (Å²) < 4.78 is 27.1. The monoisotopic (exact) mass is 584 g/mol. The summed E-state index contributed by atoms with van der Waals surface area (Å²) in [6.07, 6.45) is 2.82. The predicted molar refractivity (Wildman–Crippen MR) is 156 cm³/mol. The molecule has 208 valence electrons. The van der Waals surface area contributed by atoms with Gasteiger partial charge in [-0.25, -0.2) is 19.9 Å². The zero-order valence-electron chi connectivity index (χ0n) is 22.9. The van der Waals surface area contributed by atoms with Gasteiger partial charge in [0.1, 0.15) is 17.7 Å². The normalized spacial score (nSPS) is 19.3. The standard InChI is InChI=1S/C35H14F2N8/c36-28-7-3-19(15-42-28)17-1-5-22-24(9-17)30(21(11-38)12-39)33-31(22)45-34-32(44-33)23-6-2-18(20-4-8-29(37)43-16-20)10-25(23)35(34)26(13-40)27(35)14-41/h1-10,15-16,26-27H. The second kappa shape index (κ2) is 9.19. The second-order valence-corrected chi connectivity index (χ2v) is 10.9. The Kier molecular flexibility index (Phi) is 5.32. The van der Waals surface area contributed by atoms with Gasteiger partial charge in [0, 0.05) is 40.2 Å². The predicted octanol–water partition coefficient (Wildman–Crippen LogP) is 6.27. The summed E-state index contributed by atoms with van der Waals surface area (Å²) >= 11 is 0. The third-order valence-corrected chi connectivity index (χ3v) is 8.87. The molecule has 5 aromatic rings. The number of nitrogens with zero attached hydrogens (tertiary/aromatic N) is 8.